The van der Waals surface area contributed by atoms with Crippen LogP contribution in [0.25, 0.3) is 0 Å². The van der Waals surface area contributed by atoms with Gasteiger partial charge in [-0.3, -0.25) is 4.79 Å². The lowest BCUT2D eigenvalue weighted by Gasteiger charge is -2.39. The highest BCUT2D eigenvalue weighted by Crippen LogP contribution is 2.26. The molecular weight excluding hydrogens is 216 g/mol. The number of ether oxygens (including phenoxy) is 1. The minimum atomic E-state index is -0.147. The first-order chi connectivity index (χ1) is 7.20. The molecule has 0 saturated carbocycles. The Labute approximate surface area is 92.8 Å². The number of carbonyl (C=O) groups excluding carboxylic acids is 1. The first-order valence-corrected chi connectivity index (χ1v) is 5.03. The highest BCUT2D eigenvalue weighted by molar-refractivity contribution is 6.29. The summed E-state index contributed by atoms with van der Waals surface area (Å²) in [6.07, 6.45) is 1.66. The van der Waals surface area contributed by atoms with Crippen molar-refractivity contribution >= 4 is 23.3 Å². The van der Waals surface area contributed by atoms with Crippen LogP contribution >= 0.6 is 11.6 Å². The Morgan fingerprint density at radius 2 is 2.40 bits per heavy atom. The molecule has 15 heavy (non-hydrogen) atoms. The van der Waals surface area contributed by atoms with Crippen molar-refractivity contribution in [2.75, 3.05) is 25.1 Å². The number of anilines is 1. The lowest BCUT2D eigenvalue weighted by atomic mass is 10.00. The second-order valence-electron chi connectivity index (χ2n) is 3.46. The number of rotatable bonds is 2. The van der Waals surface area contributed by atoms with Crippen molar-refractivity contribution in [1.29, 1.82) is 0 Å². The van der Waals surface area contributed by atoms with Gasteiger partial charge >= 0.3 is 5.97 Å². The third kappa shape index (κ3) is 2.04. The second kappa shape index (κ2) is 4.06. The molecule has 0 radical (unpaired) electrons. The molecule has 1 aromatic heterocycles. The monoisotopic (exact) mass is 226 g/mol. The SMILES string of the molecule is COC(=O)C1CN(c2ccnc(Cl)c2)C1. The number of esters is 1. The summed E-state index contributed by atoms with van der Waals surface area (Å²) in [7, 11) is 1.41. The maximum Gasteiger partial charge on any atom is 0.312 e. The van der Waals surface area contributed by atoms with Crippen LogP contribution in [0.15, 0.2) is 18.3 Å². The van der Waals surface area contributed by atoms with Crippen molar-refractivity contribution < 1.29 is 9.53 Å². The molecule has 0 aromatic carbocycles. The third-order valence-electron chi connectivity index (χ3n) is 2.49. The van der Waals surface area contributed by atoms with Crippen molar-refractivity contribution in [1.82, 2.24) is 4.98 Å². The topological polar surface area (TPSA) is 42.4 Å². The fourth-order valence-electron chi connectivity index (χ4n) is 1.59. The average molecular weight is 227 g/mol. The number of methoxy groups -OCH3 is 1. The molecule has 0 bridgehead atoms. The van der Waals surface area contributed by atoms with Crippen molar-refractivity contribution in [2.45, 2.75) is 0 Å². The van der Waals surface area contributed by atoms with Gasteiger partial charge < -0.3 is 9.64 Å². The lowest BCUT2D eigenvalue weighted by molar-refractivity contribution is -0.146. The van der Waals surface area contributed by atoms with Crippen LogP contribution in [-0.4, -0.2) is 31.2 Å². The molecule has 1 saturated heterocycles. The van der Waals surface area contributed by atoms with Gasteiger partial charge in [0, 0.05) is 25.0 Å². The van der Waals surface area contributed by atoms with E-state index in [2.05, 4.69) is 14.6 Å². The van der Waals surface area contributed by atoms with Gasteiger partial charge in [0.2, 0.25) is 0 Å². The Bertz CT molecular complexity index is 377. The highest BCUT2D eigenvalue weighted by atomic mass is 35.5. The van der Waals surface area contributed by atoms with Crippen molar-refractivity contribution in [3.63, 3.8) is 0 Å². The zero-order chi connectivity index (χ0) is 10.8. The first kappa shape index (κ1) is 10.2. The van der Waals surface area contributed by atoms with Crippen LogP contribution in [0.4, 0.5) is 5.69 Å². The molecule has 0 unspecified atom stereocenters. The van der Waals surface area contributed by atoms with Gasteiger partial charge in [0.1, 0.15) is 5.15 Å². The highest BCUT2D eigenvalue weighted by Gasteiger charge is 2.33. The molecule has 0 aliphatic carbocycles. The smallest absolute Gasteiger partial charge is 0.312 e. The van der Waals surface area contributed by atoms with Crippen molar-refractivity contribution in [3.8, 4) is 0 Å². The van der Waals surface area contributed by atoms with E-state index < -0.39 is 0 Å². The van der Waals surface area contributed by atoms with Gasteiger partial charge in [-0.15, -0.1) is 0 Å². The third-order valence-corrected chi connectivity index (χ3v) is 2.70. The molecule has 2 heterocycles. The molecule has 1 fully saturated rings. The van der Waals surface area contributed by atoms with Crippen molar-refractivity contribution in [2.24, 2.45) is 5.92 Å². The summed E-state index contributed by atoms with van der Waals surface area (Å²) in [5.41, 5.74) is 0.996. The molecule has 1 aromatic rings. The van der Waals surface area contributed by atoms with Gasteiger partial charge in [-0.1, -0.05) is 11.6 Å². The summed E-state index contributed by atoms with van der Waals surface area (Å²) in [6, 6.07) is 3.66. The number of carbonyl (C=O) groups is 1. The molecule has 0 atom stereocenters. The molecule has 0 amide bonds. The summed E-state index contributed by atoms with van der Waals surface area (Å²) >= 11 is 5.77. The van der Waals surface area contributed by atoms with Crippen LogP contribution < -0.4 is 4.90 Å². The Balaban J connectivity index is 1.97. The predicted molar refractivity (Wildman–Crippen MR) is 57.0 cm³/mol. The predicted octanol–water partition coefficient (Wildman–Crippen LogP) is 1.34. The van der Waals surface area contributed by atoms with E-state index in [-0.39, 0.29) is 11.9 Å². The molecule has 1 aliphatic rings. The van der Waals surface area contributed by atoms with E-state index in [0.717, 1.165) is 5.69 Å². The molecule has 1 aliphatic heterocycles. The van der Waals surface area contributed by atoms with Crippen LogP contribution in [0.5, 0.6) is 0 Å². The van der Waals surface area contributed by atoms with Crippen LogP contribution in [0.2, 0.25) is 5.15 Å². The number of pyridine rings is 1. The van der Waals surface area contributed by atoms with E-state index in [1.165, 1.54) is 7.11 Å². The Hall–Kier alpha value is -1.29. The maximum atomic E-state index is 11.2. The van der Waals surface area contributed by atoms with Crippen molar-refractivity contribution in [3.05, 3.63) is 23.5 Å². The summed E-state index contributed by atoms with van der Waals surface area (Å²) in [6.45, 7) is 1.38. The Morgan fingerprint density at radius 3 is 3.00 bits per heavy atom. The minimum Gasteiger partial charge on any atom is -0.469 e. The lowest BCUT2D eigenvalue weighted by Crippen LogP contribution is -2.50. The Kier molecular flexibility index (Phi) is 2.77. The van der Waals surface area contributed by atoms with Gasteiger partial charge in [0.15, 0.2) is 0 Å². The van der Waals surface area contributed by atoms with Gasteiger partial charge in [0.25, 0.3) is 0 Å². The number of hydrogen-bond donors (Lipinski definition) is 0. The Morgan fingerprint density at radius 1 is 1.67 bits per heavy atom. The molecular formula is C10H11ClN2O2. The number of halogens is 1. The second-order valence-corrected chi connectivity index (χ2v) is 3.85. The largest absolute Gasteiger partial charge is 0.469 e. The summed E-state index contributed by atoms with van der Waals surface area (Å²) in [4.78, 5) is 17.1. The van der Waals surface area contributed by atoms with Gasteiger partial charge in [0.05, 0.1) is 13.0 Å². The first-order valence-electron chi connectivity index (χ1n) is 4.65. The van der Waals surface area contributed by atoms with E-state index >= 15 is 0 Å². The summed E-state index contributed by atoms with van der Waals surface area (Å²) in [5, 5.41) is 0.467. The number of nitrogens with zero attached hydrogens (tertiary/aromatic N) is 2. The fourth-order valence-corrected chi connectivity index (χ4v) is 1.76. The van der Waals surface area contributed by atoms with Gasteiger partial charge in [-0.05, 0) is 12.1 Å². The van der Waals surface area contributed by atoms with E-state index in [4.69, 9.17) is 11.6 Å². The minimum absolute atomic E-state index is 0.0121. The fraction of sp³-hybridized carbons (Fsp3) is 0.400. The van der Waals surface area contributed by atoms with Crippen LogP contribution in [-0.2, 0) is 9.53 Å². The zero-order valence-electron chi connectivity index (χ0n) is 8.31. The van der Waals surface area contributed by atoms with E-state index in [1.54, 1.807) is 12.3 Å². The number of aromatic nitrogens is 1. The summed E-state index contributed by atoms with van der Waals surface area (Å²) in [5.74, 6) is -0.159. The molecule has 80 valence electrons. The van der Waals surface area contributed by atoms with Crippen LogP contribution in [0, 0.1) is 5.92 Å². The summed E-state index contributed by atoms with van der Waals surface area (Å²) < 4.78 is 4.66. The van der Waals surface area contributed by atoms with E-state index in [0.29, 0.717) is 18.2 Å². The quantitative estimate of drug-likeness (QED) is 0.564. The molecule has 2 rings (SSSR count). The van der Waals surface area contributed by atoms with Gasteiger partial charge in [-0.2, -0.15) is 0 Å². The van der Waals surface area contributed by atoms with Crippen LogP contribution in [0.1, 0.15) is 0 Å². The standard InChI is InChI=1S/C10H11ClN2O2/c1-15-10(14)7-5-13(6-7)8-2-3-12-9(11)4-8/h2-4,7H,5-6H2,1H3. The van der Waals surface area contributed by atoms with E-state index in [1.807, 2.05) is 6.07 Å². The molecule has 0 spiro atoms. The maximum absolute atomic E-state index is 11.2. The van der Waals surface area contributed by atoms with Gasteiger partial charge in [-0.25, -0.2) is 4.98 Å². The average Bonchev–Trinajstić information content (AvgIpc) is 2.15. The van der Waals surface area contributed by atoms with E-state index in [9.17, 15) is 4.79 Å². The number of hydrogen-bond acceptors (Lipinski definition) is 4. The molecule has 5 heteroatoms. The van der Waals surface area contributed by atoms with Crippen LogP contribution in [0.3, 0.4) is 0 Å². The molecule has 4 nitrogen and oxygen atoms in total. The normalized spacial score (nSPS) is 16.0. The molecule has 0 N–H and O–H groups in total. The zero-order valence-corrected chi connectivity index (χ0v) is 9.07.